The maximum absolute atomic E-state index is 13.1. The molecule has 9 heteroatoms. The number of urea groups is 1. The Hall–Kier alpha value is -2.94. The van der Waals surface area contributed by atoms with E-state index in [0.29, 0.717) is 22.7 Å². The number of carbonyl (C=O) groups excluding carboxylic acids is 1. The number of rotatable bonds is 10. The van der Waals surface area contributed by atoms with Crippen molar-refractivity contribution in [3.05, 3.63) is 48.0 Å². The first-order chi connectivity index (χ1) is 15.1. The molecule has 0 saturated heterocycles. The van der Waals surface area contributed by atoms with Crippen LogP contribution in [0.2, 0.25) is 0 Å². The minimum atomic E-state index is -3.80. The molecule has 0 spiro atoms. The largest absolute Gasteiger partial charge is 0.495 e. The SMILES string of the molecule is CCC(C)N(Cc1ccc(OC)c(OS(=O)(=O)C(C)C)c1)C(=O)Nc1ccccc1OC. The molecule has 32 heavy (non-hydrogen) atoms. The van der Waals surface area contributed by atoms with E-state index in [2.05, 4.69) is 5.32 Å². The molecule has 0 bridgehead atoms. The van der Waals surface area contributed by atoms with Crippen molar-refractivity contribution in [3.63, 3.8) is 0 Å². The van der Waals surface area contributed by atoms with Crippen LogP contribution in [0.5, 0.6) is 17.2 Å². The molecule has 0 saturated carbocycles. The Balaban J connectivity index is 2.32. The van der Waals surface area contributed by atoms with Crippen molar-refractivity contribution in [3.8, 4) is 17.2 Å². The fourth-order valence-corrected chi connectivity index (χ4v) is 3.46. The third-order valence-corrected chi connectivity index (χ3v) is 6.66. The normalized spacial score (nSPS) is 12.2. The van der Waals surface area contributed by atoms with Gasteiger partial charge in [-0.3, -0.25) is 0 Å². The average molecular weight is 465 g/mol. The summed E-state index contributed by atoms with van der Waals surface area (Å²) in [6.07, 6.45) is 0.737. The van der Waals surface area contributed by atoms with Crippen LogP contribution in [0.15, 0.2) is 42.5 Å². The summed E-state index contributed by atoms with van der Waals surface area (Å²) in [6.45, 7) is 7.27. The van der Waals surface area contributed by atoms with E-state index in [1.54, 1.807) is 56.2 Å². The Morgan fingerprint density at radius 1 is 1.00 bits per heavy atom. The van der Waals surface area contributed by atoms with E-state index in [1.165, 1.54) is 7.11 Å². The lowest BCUT2D eigenvalue weighted by molar-refractivity contribution is 0.187. The van der Waals surface area contributed by atoms with Crippen LogP contribution in [0.3, 0.4) is 0 Å². The fourth-order valence-electron chi connectivity index (χ4n) is 2.89. The summed E-state index contributed by atoms with van der Waals surface area (Å²) < 4.78 is 40.4. The molecular formula is C23H32N2O6S. The van der Waals surface area contributed by atoms with E-state index in [9.17, 15) is 13.2 Å². The quantitative estimate of drug-likeness (QED) is 0.514. The van der Waals surface area contributed by atoms with Crippen molar-refractivity contribution in [2.24, 2.45) is 0 Å². The number of carbonyl (C=O) groups is 1. The predicted molar refractivity (Wildman–Crippen MR) is 125 cm³/mol. The van der Waals surface area contributed by atoms with E-state index in [1.807, 2.05) is 26.0 Å². The lowest BCUT2D eigenvalue weighted by Gasteiger charge is -2.29. The molecule has 0 fully saturated rings. The van der Waals surface area contributed by atoms with Gasteiger partial charge in [0.15, 0.2) is 11.5 Å². The first-order valence-electron chi connectivity index (χ1n) is 10.4. The van der Waals surface area contributed by atoms with Gasteiger partial charge in [-0.05, 0) is 57.0 Å². The first-order valence-corrected chi connectivity index (χ1v) is 11.9. The molecule has 0 aliphatic rings. The summed E-state index contributed by atoms with van der Waals surface area (Å²) >= 11 is 0. The molecule has 0 radical (unpaired) electrons. The summed E-state index contributed by atoms with van der Waals surface area (Å²) in [7, 11) is -0.818. The van der Waals surface area contributed by atoms with Gasteiger partial charge in [0.1, 0.15) is 5.75 Å². The first kappa shape index (κ1) is 25.3. The molecule has 0 aliphatic carbocycles. The van der Waals surface area contributed by atoms with Gasteiger partial charge in [-0.15, -0.1) is 0 Å². The lowest BCUT2D eigenvalue weighted by Crippen LogP contribution is -2.40. The number of hydrogen-bond acceptors (Lipinski definition) is 6. The molecule has 0 heterocycles. The van der Waals surface area contributed by atoms with Gasteiger partial charge in [0, 0.05) is 12.6 Å². The smallest absolute Gasteiger partial charge is 0.322 e. The Kier molecular flexibility index (Phi) is 8.77. The summed E-state index contributed by atoms with van der Waals surface area (Å²) in [6, 6.07) is 11.8. The number of benzene rings is 2. The van der Waals surface area contributed by atoms with E-state index in [0.717, 1.165) is 6.42 Å². The van der Waals surface area contributed by atoms with Crippen molar-refractivity contribution < 1.29 is 26.9 Å². The Morgan fingerprint density at radius 3 is 2.25 bits per heavy atom. The number of nitrogens with zero attached hydrogens (tertiary/aromatic N) is 1. The number of para-hydroxylation sites is 2. The molecule has 2 amide bonds. The monoisotopic (exact) mass is 464 g/mol. The topological polar surface area (TPSA) is 94.2 Å². The molecular weight excluding hydrogens is 432 g/mol. The van der Waals surface area contributed by atoms with Crippen LogP contribution in [-0.4, -0.2) is 44.9 Å². The third kappa shape index (κ3) is 6.29. The van der Waals surface area contributed by atoms with E-state index >= 15 is 0 Å². The van der Waals surface area contributed by atoms with E-state index in [-0.39, 0.29) is 24.4 Å². The molecule has 1 N–H and O–H groups in total. The van der Waals surface area contributed by atoms with Gasteiger partial charge in [0.25, 0.3) is 0 Å². The highest BCUT2D eigenvalue weighted by Gasteiger charge is 2.23. The molecule has 176 valence electrons. The molecule has 2 aromatic carbocycles. The van der Waals surface area contributed by atoms with Crippen LogP contribution in [0.1, 0.15) is 39.7 Å². The van der Waals surface area contributed by atoms with Gasteiger partial charge >= 0.3 is 16.1 Å². The van der Waals surface area contributed by atoms with Gasteiger partial charge in [0.05, 0.1) is 25.2 Å². The van der Waals surface area contributed by atoms with Crippen molar-refractivity contribution >= 4 is 21.8 Å². The number of amides is 2. The zero-order chi connectivity index (χ0) is 23.9. The van der Waals surface area contributed by atoms with Gasteiger partial charge in [-0.1, -0.05) is 25.1 Å². The van der Waals surface area contributed by atoms with Crippen molar-refractivity contribution in [1.29, 1.82) is 0 Å². The zero-order valence-electron chi connectivity index (χ0n) is 19.4. The highest BCUT2D eigenvalue weighted by molar-refractivity contribution is 7.87. The van der Waals surface area contributed by atoms with Crippen molar-refractivity contribution in [2.75, 3.05) is 19.5 Å². The van der Waals surface area contributed by atoms with Gasteiger partial charge in [0.2, 0.25) is 0 Å². The Morgan fingerprint density at radius 2 is 1.66 bits per heavy atom. The molecule has 0 aromatic heterocycles. The van der Waals surface area contributed by atoms with Gasteiger partial charge in [-0.2, -0.15) is 8.42 Å². The zero-order valence-corrected chi connectivity index (χ0v) is 20.2. The second-order valence-corrected chi connectivity index (χ2v) is 9.72. The molecule has 1 unspecified atom stereocenters. The van der Waals surface area contributed by atoms with E-state index in [4.69, 9.17) is 13.7 Å². The highest BCUT2D eigenvalue weighted by atomic mass is 32.2. The number of ether oxygens (including phenoxy) is 2. The third-order valence-electron chi connectivity index (χ3n) is 5.10. The maximum Gasteiger partial charge on any atom is 0.322 e. The molecule has 2 aromatic rings. The number of methoxy groups -OCH3 is 2. The van der Waals surface area contributed by atoms with Crippen LogP contribution >= 0.6 is 0 Å². The summed E-state index contributed by atoms with van der Waals surface area (Å²) in [5, 5.41) is 2.19. The molecule has 8 nitrogen and oxygen atoms in total. The molecule has 2 rings (SSSR count). The van der Waals surface area contributed by atoms with Crippen LogP contribution < -0.4 is 19.0 Å². The minimum Gasteiger partial charge on any atom is -0.495 e. The second-order valence-electron chi connectivity index (χ2n) is 7.63. The summed E-state index contributed by atoms with van der Waals surface area (Å²) in [5.74, 6) is 0.948. The lowest BCUT2D eigenvalue weighted by atomic mass is 10.1. The van der Waals surface area contributed by atoms with Gasteiger partial charge in [-0.25, -0.2) is 4.79 Å². The Bertz CT molecular complexity index is 1020. The fraction of sp³-hybridized carbons (Fsp3) is 0.435. The van der Waals surface area contributed by atoms with Crippen LogP contribution in [-0.2, 0) is 16.7 Å². The summed E-state index contributed by atoms with van der Waals surface area (Å²) in [4.78, 5) is 14.8. The van der Waals surface area contributed by atoms with Crippen molar-refractivity contribution in [2.45, 2.75) is 52.0 Å². The van der Waals surface area contributed by atoms with Crippen molar-refractivity contribution in [1.82, 2.24) is 4.90 Å². The predicted octanol–water partition coefficient (Wildman–Crippen LogP) is 4.65. The van der Waals surface area contributed by atoms with Crippen LogP contribution in [0, 0.1) is 0 Å². The second kappa shape index (κ2) is 11.1. The minimum absolute atomic E-state index is 0.0735. The molecule has 1 atom stereocenters. The standard InChI is InChI=1S/C23H32N2O6S/c1-7-17(4)25(23(26)24-19-10-8-9-11-20(19)29-5)15-18-12-13-21(30-6)22(14-18)31-32(27,28)16(2)3/h8-14,16-17H,7,15H2,1-6H3,(H,24,26). The number of hydrogen-bond donors (Lipinski definition) is 1. The Labute approximate surface area is 190 Å². The number of nitrogens with one attached hydrogen (secondary N) is 1. The van der Waals surface area contributed by atoms with Crippen LogP contribution in [0.25, 0.3) is 0 Å². The van der Waals surface area contributed by atoms with Gasteiger partial charge < -0.3 is 23.9 Å². The average Bonchev–Trinajstić information content (AvgIpc) is 2.77. The summed E-state index contributed by atoms with van der Waals surface area (Å²) in [5.41, 5.74) is 1.27. The highest BCUT2D eigenvalue weighted by Crippen LogP contribution is 2.31. The van der Waals surface area contributed by atoms with Crippen LogP contribution in [0.4, 0.5) is 10.5 Å². The maximum atomic E-state index is 13.1. The number of anilines is 1. The van der Waals surface area contributed by atoms with E-state index < -0.39 is 15.4 Å². The molecule has 0 aliphatic heterocycles.